The van der Waals surface area contributed by atoms with E-state index in [1.54, 1.807) is 24.4 Å². The van der Waals surface area contributed by atoms with Crippen molar-refractivity contribution in [3.8, 4) is 23.0 Å². The Morgan fingerprint density at radius 2 is 1.72 bits per heavy atom. The Morgan fingerprint density at radius 1 is 0.960 bits per heavy atom. The summed E-state index contributed by atoms with van der Waals surface area (Å²) in [5.41, 5.74) is 5.81. The number of aromatic nitrogens is 3. The predicted octanol–water partition coefficient (Wildman–Crippen LogP) is 6.39. The highest BCUT2D eigenvalue weighted by Gasteiger charge is 2.22. The zero-order valence-electron chi connectivity index (χ0n) is 28.9. The summed E-state index contributed by atoms with van der Waals surface area (Å²) in [6, 6.07) is 17.9. The number of benzene rings is 2. The largest absolute Gasteiger partial charge is 0.393 e. The molecule has 1 amide bonds. The molecular weight excluding hydrogens is 648 g/mol. The van der Waals surface area contributed by atoms with Crippen molar-refractivity contribution >= 4 is 40.6 Å². The number of likely N-dealkylation sites (N-methyl/N-ethyl adjacent to an activating group) is 1. The van der Waals surface area contributed by atoms with Gasteiger partial charge in [0, 0.05) is 79.6 Å². The van der Waals surface area contributed by atoms with Crippen molar-refractivity contribution < 1.29 is 9.90 Å². The Labute approximate surface area is 299 Å². The molecule has 260 valence electrons. The van der Waals surface area contributed by atoms with E-state index in [1.807, 2.05) is 32.2 Å². The molecule has 0 atom stereocenters. The smallest absolute Gasteiger partial charge is 0.229 e. The Morgan fingerprint density at radius 3 is 2.44 bits per heavy atom. The molecule has 0 unspecified atom stereocenters. The number of carbonyl (C=O) groups excluding carboxylic acids is 1. The van der Waals surface area contributed by atoms with Gasteiger partial charge in [-0.1, -0.05) is 55.6 Å². The van der Waals surface area contributed by atoms with Crippen LogP contribution in [0.15, 0.2) is 67.0 Å². The van der Waals surface area contributed by atoms with Crippen molar-refractivity contribution in [2.45, 2.75) is 58.2 Å². The van der Waals surface area contributed by atoms with Gasteiger partial charge in [0.15, 0.2) is 0 Å². The number of halogens is 1. The summed E-state index contributed by atoms with van der Waals surface area (Å²) in [7, 11) is 2.18. The van der Waals surface area contributed by atoms with Gasteiger partial charge < -0.3 is 26.0 Å². The molecule has 2 aliphatic rings. The minimum atomic E-state index is -0.237. The number of aliphatic hydroxyl groups excluding tert-OH is 1. The quantitative estimate of drug-likeness (QED) is 0.148. The van der Waals surface area contributed by atoms with Crippen molar-refractivity contribution in [1.82, 2.24) is 24.8 Å². The predicted molar refractivity (Wildman–Crippen MR) is 201 cm³/mol. The van der Waals surface area contributed by atoms with Crippen LogP contribution in [0.5, 0.6) is 0 Å². The van der Waals surface area contributed by atoms with Gasteiger partial charge in [-0.15, -0.1) is 0 Å². The third-order valence-electron chi connectivity index (χ3n) is 9.20. The first kappa shape index (κ1) is 35.3. The number of nitrogens with one attached hydrogen (secondary N) is 3. The van der Waals surface area contributed by atoms with Crippen molar-refractivity contribution in [3.05, 3.63) is 88.8 Å². The minimum absolute atomic E-state index is 0.0672. The lowest BCUT2D eigenvalue weighted by Gasteiger charge is -2.32. The number of piperazine rings is 1. The fourth-order valence-electron chi connectivity index (χ4n) is 6.05. The minimum Gasteiger partial charge on any atom is -0.393 e. The van der Waals surface area contributed by atoms with Gasteiger partial charge in [-0.25, -0.2) is 9.97 Å². The summed E-state index contributed by atoms with van der Waals surface area (Å²) >= 11 is 6.66. The second-order valence-electron chi connectivity index (χ2n) is 13.5. The molecule has 0 spiro atoms. The van der Waals surface area contributed by atoms with E-state index in [2.05, 4.69) is 78.9 Å². The third-order valence-corrected chi connectivity index (χ3v) is 9.51. The van der Waals surface area contributed by atoms with Crippen LogP contribution in [-0.2, 0) is 11.3 Å². The second kappa shape index (κ2) is 16.5. The number of hydrogen-bond donors (Lipinski definition) is 4. The SMILES string of the molecule is CC(C)C(=O)Nc1ccnc(C#Cc2ccc(Nc3ncc(-c4ccc(CN5CCN(C)CC5)cc4)c(NC4CCC(O)CC4)n3)cc2Cl)c1. The first-order chi connectivity index (χ1) is 24.2. The van der Waals surface area contributed by atoms with Gasteiger partial charge in [-0.3, -0.25) is 9.69 Å². The van der Waals surface area contributed by atoms with E-state index in [1.165, 1.54) is 5.56 Å². The van der Waals surface area contributed by atoms with E-state index in [9.17, 15) is 9.90 Å². The Hall–Kier alpha value is -4.53. The third kappa shape index (κ3) is 9.58. The van der Waals surface area contributed by atoms with E-state index in [0.717, 1.165) is 81.0 Å². The molecule has 2 fully saturated rings. The zero-order chi connectivity index (χ0) is 35.0. The van der Waals surface area contributed by atoms with Crippen molar-refractivity contribution in [3.63, 3.8) is 0 Å². The number of nitrogens with zero attached hydrogens (tertiary/aromatic N) is 5. The molecule has 50 heavy (non-hydrogen) atoms. The molecule has 4 aromatic rings. The van der Waals surface area contributed by atoms with E-state index in [0.29, 0.717) is 27.9 Å². The molecule has 1 saturated carbocycles. The highest BCUT2D eigenvalue weighted by Crippen LogP contribution is 2.31. The van der Waals surface area contributed by atoms with Gasteiger partial charge in [0.25, 0.3) is 0 Å². The molecule has 0 radical (unpaired) electrons. The van der Waals surface area contributed by atoms with E-state index >= 15 is 0 Å². The van der Waals surface area contributed by atoms with Crippen LogP contribution in [0.25, 0.3) is 11.1 Å². The van der Waals surface area contributed by atoms with Crippen LogP contribution in [0.1, 0.15) is 56.4 Å². The molecule has 0 bridgehead atoms. The maximum absolute atomic E-state index is 12.1. The van der Waals surface area contributed by atoms with Gasteiger partial charge in [-0.05, 0) is 80.1 Å². The molecule has 6 rings (SSSR count). The van der Waals surface area contributed by atoms with Gasteiger partial charge >= 0.3 is 0 Å². The summed E-state index contributed by atoms with van der Waals surface area (Å²) in [5, 5.41) is 20.4. The maximum Gasteiger partial charge on any atom is 0.229 e. The lowest BCUT2D eigenvalue weighted by atomic mass is 9.93. The molecule has 10 nitrogen and oxygen atoms in total. The van der Waals surface area contributed by atoms with Gasteiger partial charge in [0.05, 0.1) is 11.1 Å². The van der Waals surface area contributed by atoms with Gasteiger partial charge in [0.2, 0.25) is 11.9 Å². The normalized spacial score (nSPS) is 18.3. The number of anilines is 4. The van der Waals surface area contributed by atoms with E-state index in [-0.39, 0.29) is 24.0 Å². The molecular formula is C39H45ClN8O2. The molecule has 2 aromatic heterocycles. The van der Waals surface area contributed by atoms with Crippen LogP contribution in [0.4, 0.5) is 23.1 Å². The van der Waals surface area contributed by atoms with Crippen LogP contribution in [0.2, 0.25) is 5.02 Å². The summed E-state index contributed by atoms with van der Waals surface area (Å²) in [4.78, 5) is 30.9. The summed E-state index contributed by atoms with van der Waals surface area (Å²) in [6.45, 7) is 8.99. The average Bonchev–Trinajstić information content (AvgIpc) is 3.11. The van der Waals surface area contributed by atoms with Crippen molar-refractivity contribution in [2.75, 3.05) is 49.2 Å². The Bertz CT molecular complexity index is 1840. The molecule has 2 aromatic carbocycles. The molecule has 1 saturated heterocycles. The first-order valence-corrected chi connectivity index (χ1v) is 17.7. The Kier molecular flexibility index (Phi) is 11.6. The van der Waals surface area contributed by atoms with Crippen LogP contribution in [-0.4, -0.2) is 81.1 Å². The number of pyridine rings is 1. The first-order valence-electron chi connectivity index (χ1n) is 17.4. The van der Waals surface area contributed by atoms with Crippen LogP contribution in [0.3, 0.4) is 0 Å². The van der Waals surface area contributed by atoms with Gasteiger partial charge in [0.1, 0.15) is 11.5 Å². The number of carbonyl (C=O) groups is 1. The number of rotatable bonds is 9. The molecule has 4 N–H and O–H groups in total. The highest BCUT2D eigenvalue weighted by molar-refractivity contribution is 6.32. The lowest BCUT2D eigenvalue weighted by molar-refractivity contribution is -0.118. The number of amides is 1. The summed E-state index contributed by atoms with van der Waals surface area (Å²) < 4.78 is 0. The highest BCUT2D eigenvalue weighted by atomic mass is 35.5. The second-order valence-corrected chi connectivity index (χ2v) is 13.9. The number of hydrogen-bond acceptors (Lipinski definition) is 9. The van der Waals surface area contributed by atoms with E-state index < -0.39 is 0 Å². The topological polar surface area (TPSA) is 119 Å². The summed E-state index contributed by atoms with van der Waals surface area (Å²) in [6.07, 6.45) is 6.54. The van der Waals surface area contributed by atoms with Crippen molar-refractivity contribution in [2.24, 2.45) is 5.92 Å². The van der Waals surface area contributed by atoms with Gasteiger partial charge in [-0.2, -0.15) is 4.98 Å². The zero-order valence-corrected chi connectivity index (χ0v) is 29.7. The monoisotopic (exact) mass is 692 g/mol. The van der Waals surface area contributed by atoms with Crippen LogP contribution >= 0.6 is 11.6 Å². The van der Waals surface area contributed by atoms with E-state index in [4.69, 9.17) is 16.6 Å². The maximum atomic E-state index is 12.1. The fraction of sp³-hybridized carbons (Fsp3) is 0.385. The molecule has 1 aliphatic heterocycles. The standard InChI is InChI=1S/C39H45ClN8O2/c1-26(2)38(50)44-33-16-17-41-31(22-33)10-8-29-9-11-32(23-36(29)40)45-39-42-24-35(37(46-39)43-30-12-14-34(49)15-13-30)28-6-4-27(5-7-28)25-48-20-18-47(3)19-21-48/h4-7,9,11,16-17,22-24,26,30,34,49H,12-15,18-21,25H2,1-3H3,(H,41,44,50)(H2,42,43,45,46). The fourth-order valence-corrected chi connectivity index (χ4v) is 6.28. The van der Waals surface area contributed by atoms with Crippen LogP contribution < -0.4 is 16.0 Å². The number of aliphatic hydroxyl groups is 1. The van der Waals surface area contributed by atoms with Crippen LogP contribution in [0, 0.1) is 17.8 Å². The molecule has 3 heterocycles. The molecule has 1 aliphatic carbocycles. The summed E-state index contributed by atoms with van der Waals surface area (Å²) in [5.74, 6) is 7.13. The average molecular weight is 693 g/mol. The Balaban J connectivity index is 1.17. The van der Waals surface area contributed by atoms with Crippen molar-refractivity contribution in [1.29, 1.82) is 0 Å². The lowest BCUT2D eigenvalue weighted by Crippen LogP contribution is -2.43. The molecule has 11 heteroatoms.